The number of ether oxygens (including phenoxy) is 1. The standard InChI is InChI=1S/C15H16ClNO3/c1-3-20-15(19)14-9(2)17-13(18)8-11(14)10-6-4-5-7-12(10)16/h4-7,11H,3,8H2,1-2H3,(H,17,18)/t11-/m0/s1. The van der Waals surface area contributed by atoms with Crippen LogP contribution in [0, 0.1) is 0 Å². The second-order valence-corrected chi connectivity index (χ2v) is 4.99. The minimum Gasteiger partial charge on any atom is -0.463 e. The smallest absolute Gasteiger partial charge is 0.336 e. The number of halogens is 1. The van der Waals surface area contributed by atoms with Crippen molar-refractivity contribution < 1.29 is 14.3 Å². The number of allylic oxidation sites excluding steroid dienone is 1. The van der Waals surface area contributed by atoms with Crippen LogP contribution in [0.1, 0.15) is 31.7 Å². The molecule has 1 amide bonds. The minimum atomic E-state index is -0.407. The van der Waals surface area contributed by atoms with E-state index < -0.39 is 5.97 Å². The van der Waals surface area contributed by atoms with Gasteiger partial charge in [-0.2, -0.15) is 0 Å². The van der Waals surface area contributed by atoms with Crippen molar-refractivity contribution >= 4 is 23.5 Å². The zero-order valence-corrected chi connectivity index (χ0v) is 12.2. The number of carbonyl (C=O) groups is 2. The molecule has 1 N–H and O–H groups in total. The summed E-state index contributed by atoms with van der Waals surface area (Å²) in [6.45, 7) is 3.74. The highest BCUT2D eigenvalue weighted by Crippen LogP contribution is 2.36. The van der Waals surface area contributed by atoms with Crippen molar-refractivity contribution in [3.05, 3.63) is 46.1 Å². The maximum absolute atomic E-state index is 12.1. The Labute approximate surface area is 122 Å². The van der Waals surface area contributed by atoms with E-state index in [4.69, 9.17) is 16.3 Å². The van der Waals surface area contributed by atoms with E-state index >= 15 is 0 Å². The summed E-state index contributed by atoms with van der Waals surface area (Å²) in [7, 11) is 0. The van der Waals surface area contributed by atoms with Crippen LogP contribution in [0.15, 0.2) is 35.5 Å². The van der Waals surface area contributed by atoms with Gasteiger partial charge in [-0.05, 0) is 25.5 Å². The normalized spacial score (nSPS) is 18.8. The summed E-state index contributed by atoms with van der Waals surface area (Å²) in [6, 6.07) is 7.24. The molecule has 0 unspecified atom stereocenters. The summed E-state index contributed by atoms with van der Waals surface area (Å²) in [5.41, 5.74) is 1.77. The molecular weight excluding hydrogens is 278 g/mol. The van der Waals surface area contributed by atoms with Gasteiger partial charge in [0.15, 0.2) is 0 Å². The topological polar surface area (TPSA) is 55.4 Å². The molecule has 1 heterocycles. The average Bonchev–Trinajstić information content (AvgIpc) is 2.38. The van der Waals surface area contributed by atoms with Crippen LogP contribution >= 0.6 is 11.6 Å². The highest BCUT2D eigenvalue weighted by Gasteiger charge is 2.33. The van der Waals surface area contributed by atoms with Gasteiger partial charge in [-0.15, -0.1) is 0 Å². The van der Waals surface area contributed by atoms with Gasteiger partial charge in [-0.25, -0.2) is 4.79 Å². The van der Waals surface area contributed by atoms with Crippen molar-refractivity contribution in [2.45, 2.75) is 26.2 Å². The van der Waals surface area contributed by atoms with Gasteiger partial charge in [-0.1, -0.05) is 29.8 Å². The van der Waals surface area contributed by atoms with Gasteiger partial charge < -0.3 is 10.1 Å². The first-order valence-corrected chi connectivity index (χ1v) is 6.84. The van der Waals surface area contributed by atoms with Crippen LogP contribution in [0.3, 0.4) is 0 Å². The van der Waals surface area contributed by atoms with E-state index in [0.29, 0.717) is 22.9 Å². The largest absolute Gasteiger partial charge is 0.463 e. The molecule has 0 saturated heterocycles. The lowest BCUT2D eigenvalue weighted by Crippen LogP contribution is -2.34. The lowest BCUT2D eigenvalue weighted by Gasteiger charge is -2.27. The molecule has 0 fully saturated rings. The third-order valence-electron chi connectivity index (χ3n) is 3.24. The highest BCUT2D eigenvalue weighted by atomic mass is 35.5. The number of amides is 1. The zero-order chi connectivity index (χ0) is 14.7. The van der Waals surface area contributed by atoms with E-state index in [9.17, 15) is 9.59 Å². The molecule has 0 aliphatic carbocycles. The summed E-state index contributed by atoms with van der Waals surface area (Å²) >= 11 is 6.19. The van der Waals surface area contributed by atoms with E-state index in [1.54, 1.807) is 19.9 Å². The van der Waals surface area contributed by atoms with Crippen molar-refractivity contribution in [3.63, 3.8) is 0 Å². The van der Waals surface area contributed by atoms with Crippen LogP contribution in [0.4, 0.5) is 0 Å². The fraction of sp³-hybridized carbons (Fsp3) is 0.333. The molecular formula is C15H16ClNO3. The lowest BCUT2D eigenvalue weighted by atomic mass is 9.84. The number of hydrogen-bond donors (Lipinski definition) is 1. The molecule has 0 radical (unpaired) electrons. The molecule has 4 nitrogen and oxygen atoms in total. The zero-order valence-electron chi connectivity index (χ0n) is 11.4. The van der Waals surface area contributed by atoms with Crippen LogP contribution in [-0.2, 0) is 14.3 Å². The number of hydrogen-bond acceptors (Lipinski definition) is 3. The molecule has 20 heavy (non-hydrogen) atoms. The lowest BCUT2D eigenvalue weighted by molar-refractivity contribution is -0.139. The first-order valence-electron chi connectivity index (χ1n) is 6.46. The predicted molar refractivity (Wildman–Crippen MR) is 76.3 cm³/mol. The fourth-order valence-corrected chi connectivity index (χ4v) is 2.67. The number of rotatable bonds is 3. The van der Waals surface area contributed by atoms with Gasteiger partial charge in [0.25, 0.3) is 0 Å². The van der Waals surface area contributed by atoms with Gasteiger partial charge in [0, 0.05) is 23.1 Å². The minimum absolute atomic E-state index is 0.125. The molecule has 2 rings (SSSR count). The molecule has 1 aliphatic rings. The van der Waals surface area contributed by atoms with E-state index in [-0.39, 0.29) is 18.2 Å². The predicted octanol–water partition coefficient (Wildman–Crippen LogP) is 2.78. The Bertz CT molecular complexity index is 580. The van der Waals surface area contributed by atoms with E-state index in [0.717, 1.165) is 5.56 Å². The Morgan fingerprint density at radius 3 is 2.80 bits per heavy atom. The molecule has 1 aliphatic heterocycles. The monoisotopic (exact) mass is 293 g/mol. The number of benzene rings is 1. The molecule has 0 spiro atoms. The highest BCUT2D eigenvalue weighted by molar-refractivity contribution is 6.31. The molecule has 0 aromatic heterocycles. The van der Waals surface area contributed by atoms with Crippen LogP contribution in [-0.4, -0.2) is 18.5 Å². The van der Waals surface area contributed by atoms with Gasteiger partial charge in [0.1, 0.15) is 0 Å². The molecule has 1 aromatic rings. The Morgan fingerprint density at radius 2 is 2.15 bits per heavy atom. The summed E-state index contributed by atoms with van der Waals surface area (Å²) in [5.74, 6) is -0.896. The Hall–Kier alpha value is -1.81. The summed E-state index contributed by atoms with van der Waals surface area (Å²) in [6.07, 6.45) is 0.190. The van der Waals surface area contributed by atoms with Crippen molar-refractivity contribution in [1.82, 2.24) is 5.32 Å². The molecule has 1 aromatic carbocycles. The molecule has 5 heteroatoms. The number of esters is 1. The first-order chi connectivity index (χ1) is 9.54. The van der Waals surface area contributed by atoms with Crippen molar-refractivity contribution in [3.8, 4) is 0 Å². The third kappa shape index (κ3) is 2.85. The van der Waals surface area contributed by atoms with Crippen molar-refractivity contribution in [2.24, 2.45) is 0 Å². The number of carbonyl (C=O) groups excluding carboxylic acids is 2. The maximum atomic E-state index is 12.1. The van der Waals surface area contributed by atoms with E-state index in [2.05, 4.69) is 5.32 Å². The second-order valence-electron chi connectivity index (χ2n) is 4.59. The molecule has 0 bridgehead atoms. The molecule has 0 saturated carbocycles. The van der Waals surface area contributed by atoms with Gasteiger partial charge >= 0.3 is 5.97 Å². The van der Waals surface area contributed by atoms with E-state index in [1.807, 2.05) is 18.2 Å². The van der Waals surface area contributed by atoms with Crippen molar-refractivity contribution in [2.75, 3.05) is 6.61 Å². The second kappa shape index (κ2) is 6.09. The van der Waals surface area contributed by atoms with Gasteiger partial charge in [0.05, 0.1) is 12.2 Å². The summed E-state index contributed by atoms with van der Waals surface area (Å²) < 4.78 is 5.09. The molecule has 1 atom stereocenters. The van der Waals surface area contributed by atoms with Crippen LogP contribution in [0.25, 0.3) is 0 Å². The van der Waals surface area contributed by atoms with E-state index in [1.165, 1.54) is 0 Å². The van der Waals surface area contributed by atoms with Crippen LogP contribution in [0.5, 0.6) is 0 Å². The summed E-state index contributed by atoms with van der Waals surface area (Å²) in [5, 5.41) is 3.23. The van der Waals surface area contributed by atoms with Crippen LogP contribution < -0.4 is 5.32 Å². The molecule has 106 valence electrons. The SMILES string of the molecule is CCOC(=O)C1=C(C)NC(=O)C[C@H]1c1ccccc1Cl. The fourth-order valence-electron chi connectivity index (χ4n) is 2.40. The summed E-state index contributed by atoms with van der Waals surface area (Å²) in [4.78, 5) is 23.9. The Balaban J connectivity index is 2.48. The third-order valence-corrected chi connectivity index (χ3v) is 3.59. The number of nitrogens with one attached hydrogen (secondary N) is 1. The van der Waals surface area contributed by atoms with Gasteiger partial charge in [0.2, 0.25) is 5.91 Å². The Kier molecular flexibility index (Phi) is 4.45. The Morgan fingerprint density at radius 1 is 1.45 bits per heavy atom. The van der Waals surface area contributed by atoms with Crippen molar-refractivity contribution in [1.29, 1.82) is 0 Å². The maximum Gasteiger partial charge on any atom is 0.336 e. The van der Waals surface area contributed by atoms with Crippen LogP contribution in [0.2, 0.25) is 5.02 Å². The first kappa shape index (κ1) is 14.6. The quantitative estimate of drug-likeness (QED) is 0.872. The average molecular weight is 294 g/mol. The van der Waals surface area contributed by atoms with Gasteiger partial charge in [-0.3, -0.25) is 4.79 Å².